The molecule has 0 aliphatic rings. The van der Waals surface area contributed by atoms with E-state index in [-0.39, 0.29) is 11.7 Å². The number of aromatic nitrogens is 1. The fourth-order valence-electron chi connectivity index (χ4n) is 1.76. The third-order valence-electron chi connectivity index (χ3n) is 2.79. The van der Waals surface area contributed by atoms with Gasteiger partial charge in [-0.15, -0.1) is 0 Å². The molecule has 0 aliphatic carbocycles. The smallest absolute Gasteiger partial charge is 0.250 e. The largest absolute Gasteiger partial charge is 0.475 e. The molecule has 1 heterocycles. The third-order valence-corrected chi connectivity index (χ3v) is 2.79. The van der Waals surface area contributed by atoms with Gasteiger partial charge in [0.15, 0.2) is 5.82 Å². The normalized spacial score (nSPS) is 12.4. The highest BCUT2D eigenvalue weighted by atomic mass is 19.1. The second-order valence-electron chi connectivity index (χ2n) is 4.57. The van der Waals surface area contributed by atoms with Gasteiger partial charge in [-0.05, 0) is 24.9 Å². The van der Waals surface area contributed by atoms with Gasteiger partial charge in [0.05, 0.1) is 6.61 Å². The number of hydrogen-bond donors (Lipinski definition) is 1. The maximum atomic E-state index is 14.0. The summed E-state index contributed by atoms with van der Waals surface area (Å²) in [4.78, 5) is 3.95. The van der Waals surface area contributed by atoms with Crippen LogP contribution in [0.15, 0.2) is 12.3 Å². The second-order valence-corrected chi connectivity index (χ2v) is 4.57. The molecule has 0 radical (unpaired) electrons. The van der Waals surface area contributed by atoms with Crippen molar-refractivity contribution in [1.29, 1.82) is 0 Å². The van der Waals surface area contributed by atoms with E-state index < -0.39 is 0 Å². The van der Waals surface area contributed by atoms with E-state index in [0.29, 0.717) is 24.6 Å². The molecule has 1 rings (SSSR count). The van der Waals surface area contributed by atoms with Crippen LogP contribution in [0.2, 0.25) is 0 Å². The first kappa shape index (κ1) is 14.9. The molecule has 0 fully saturated rings. The standard InChI is InChI=1S/C14H23FN2O/c1-4-6-11(3)10-18-14-13(15)12(7-8-17-14)9-16-5-2/h7-8,11,16H,4-6,9-10H2,1-3H3. The molecule has 1 aromatic rings. The summed E-state index contributed by atoms with van der Waals surface area (Å²) in [5.41, 5.74) is 0.602. The molecule has 0 saturated heterocycles. The van der Waals surface area contributed by atoms with Crippen molar-refractivity contribution in [2.24, 2.45) is 5.92 Å². The van der Waals surface area contributed by atoms with Crippen LogP contribution in [0.25, 0.3) is 0 Å². The molecule has 0 aliphatic heterocycles. The van der Waals surface area contributed by atoms with Crippen LogP contribution in [0.5, 0.6) is 5.88 Å². The second kappa shape index (κ2) is 8.03. The van der Waals surface area contributed by atoms with Gasteiger partial charge in [0.2, 0.25) is 0 Å². The summed E-state index contributed by atoms with van der Waals surface area (Å²) >= 11 is 0. The van der Waals surface area contributed by atoms with Crippen molar-refractivity contribution in [2.75, 3.05) is 13.2 Å². The zero-order valence-corrected chi connectivity index (χ0v) is 11.5. The molecule has 0 spiro atoms. The van der Waals surface area contributed by atoms with Crippen LogP contribution in [-0.4, -0.2) is 18.1 Å². The lowest BCUT2D eigenvalue weighted by atomic mass is 10.1. The van der Waals surface area contributed by atoms with E-state index in [2.05, 4.69) is 24.1 Å². The Balaban J connectivity index is 2.60. The van der Waals surface area contributed by atoms with Crippen LogP contribution in [0.1, 0.15) is 39.2 Å². The van der Waals surface area contributed by atoms with Crippen molar-refractivity contribution in [1.82, 2.24) is 10.3 Å². The van der Waals surface area contributed by atoms with Gasteiger partial charge in [0, 0.05) is 18.3 Å². The van der Waals surface area contributed by atoms with Gasteiger partial charge in [-0.3, -0.25) is 0 Å². The third kappa shape index (κ3) is 4.61. The fourth-order valence-corrected chi connectivity index (χ4v) is 1.76. The monoisotopic (exact) mass is 254 g/mol. The molecule has 1 aromatic heterocycles. The first-order valence-corrected chi connectivity index (χ1v) is 6.65. The lowest BCUT2D eigenvalue weighted by Crippen LogP contribution is -2.15. The van der Waals surface area contributed by atoms with Crippen molar-refractivity contribution >= 4 is 0 Å². The predicted octanol–water partition coefficient (Wildman–Crippen LogP) is 3.15. The van der Waals surface area contributed by atoms with Gasteiger partial charge in [0.1, 0.15) is 0 Å². The average Bonchev–Trinajstić information content (AvgIpc) is 2.36. The first-order chi connectivity index (χ1) is 8.69. The summed E-state index contributed by atoms with van der Waals surface area (Å²) < 4.78 is 19.5. The molecule has 0 saturated carbocycles. The van der Waals surface area contributed by atoms with E-state index in [4.69, 9.17) is 4.74 Å². The summed E-state index contributed by atoms with van der Waals surface area (Å²) in [7, 11) is 0. The van der Waals surface area contributed by atoms with Gasteiger partial charge in [-0.1, -0.05) is 27.2 Å². The minimum Gasteiger partial charge on any atom is -0.475 e. The Morgan fingerprint density at radius 1 is 1.44 bits per heavy atom. The number of ether oxygens (including phenoxy) is 1. The van der Waals surface area contributed by atoms with E-state index >= 15 is 0 Å². The van der Waals surface area contributed by atoms with Gasteiger partial charge in [-0.2, -0.15) is 0 Å². The van der Waals surface area contributed by atoms with Gasteiger partial charge < -0.3 is 10.1 Å². The van der Waals surface area contributed by atoms with Gasteiger partial charge >= 0.3 is 0 Å². The molecule has 1 atom stereocenters. The highest BCUT2D eigenvalue weighted by Gasteiger charge is 2.11. The lowest BCUT2D eigenvalue weighted by molar-refractivity contribution is 0.231. The summed E-state index contributed by atoms with van der Waals surface area (Å²) in [5.74, 6) is 0.198. The van der Waals surface area contributed by atoms with Crippen LogP contribution < -0.4 is 10.1 Å². The van der Waals surface area contributed by atoms with Crippen LogP contribution >= 0.6 is 0 Å². The van der Waals surface area contributed by atoms with Crippen molar-refractivity contribution in [3.63, 3.8) is 0 Å². The number of nitrogens with zero attached hydrogens (tertiary/aromatic N) is 1. The minimum atomic E-state index is -0.345. The van der Waals surface area contributed by atoms with Crippen LogP contribution in [0.3, 0.4) is 0 Å². The summed E-state index contributed by atoms with van der Waals surface area (Å²) in [6.07, 6.45) is 3.79. The van der Waals surface area contributed by atoms with E-state index in [1.807, 2.05) is 6.92 Å². The summed E-state index contributed by atoms with van der Waals surface area (Å²) in [6, 6.07) is 1.68. The average molecular weight is 254 g/mol. The zero-order valence-electron chi connectivity index (χ0n) is 11.5. The molecule has 0 amide bonds. The maximum absolute atomic E-state index is 14.0. The number of rotatable bonds is 8. The Morgan fingerprint density at radius 2 is 2.22 bits per heavy atom. The number of hydrogen-bond acceptors (Lipinski definition) is 3. The Labute approximate surface area is 109 Å². The number of nitrogens with one attached hydrogen (secondary N) is 1. The maximum Gasteiger partial charge on any atom is 0.250 e. The van der Waals surface area contributed by atoms with E-state index in [1.54, 1.807) is 12.3 Å². The van der Waals surface area contributed by atoms with Crippen molar-refractivity contribution < 1.29 is 9.13 Å². The van der Waals surface area contributed by atoms with Gasteiger partial charge in [-0.25, -0.2) is 9.37 Å². The predicted molar refractivity (Wildman–Crippen MR) is 71.1 cm³/mol. The quantitative estimate of drug-likeness (QED) is 0.774. The summed E-state index contributed by atoms with van der Waals surface area (Å²) in [5, 5.41) is 3.09. The topological polar surface area (TPSA) is 34.1 Å². The number of halogens is 1. The Hall–Kier alpha value is -1.16. The summed E-state index contributed by atoms with van der Waals surface area (Å²) in [6.45, 7) is 8.05. The molecule has 1 N–H and O–H groups in total. The van der Waals surface area contributed by atoms with Gasteiger partial charge in [0.25, 0.3) is 5.88 Å². The van der Waals surface area contributed by atoms with Crippen LogP contribution in [0, 0.1) is 11.7 Å². The molecule has 18 heavy (non-hydrogen) atoms. The van der Waals surface area contributed by atoms with E-state index in [0.717, 1.165) is 19.4 Å². The molecule has 0 bridgehead atoms. The fraction of sp³-hybridized carbons (Fsp3) is 0.643. The molecule has 3 nitrogen and oxygen atoms in total. The zero-order chi connectivity index (χ0) is 13.4. The molecule has 4 heteroatoms. The molecule has 102 valence electrons. The number of pyridine rings is 1. The van der Waals surface area contributed by atoms with E-state index in [9.17, 15) is 4.39 Å². The molecular weight excluding hydrogens is 231 g/mol. The SMILES string of the molecule is CCCC(C)COc1nccc(CNCC)c1F. The Kier molecular flexibility index (Phi) is 6.65. The van der Waals surface area contributed by atoms with Crippen molar-refractivity contribution in [3.8, 4) is 5.88 Å². The minimum absolute atomic E-state index is 0.119. The molecular formula is C14H23FN2O. The highest BCUT2D eigenvalue weighted by Crippen LogP contribution is 2.18. The van der Waals surface area contributed by atoms with Crippen LogP contribution in [-0.2, 0) is 6.54 Å². The molecule has 1 unspecified atom stereocenters. The van der Waals surface area contributed by atoms with E-state index in [1.165, 1.54) is 0 Å². The van der Waals surface area contributed by atoms with Crippen molar-refractivity contribution in [2.45, 2.75) is 40.2 Å². The van der Waals surface area contributed by atoms with Crippen molar-refractivity contribution in [3.05, 3.63) is 23.6 Å². The Bertz CT molecular complexity index is 358. The highest BCUT2D eigenvalue weighted by molar-refractivity contribution is 5.23. The van der Waals surface area contributed by atoms with Crippen LogP contribution in [0.4, 0.5) is 4.39 Å². The molecule has 0 aromatic carbocycles. The first-order valence-electron chi connectivity index (χ1n) is 6.65. The lowest BCUT2D eigenvalue weighted by Gasteiger charge is -2.13. The Morgan fingerprint density at radius 3 is 2.89 bits per heavy atom.